The van der Waals surface area contributed by atoms with Crippen LogP contribution in [0.3, 0.4) is 0 Å². The van der Waals surface area contributed by atoms with Gasteiger partial charge in [-0.3, -0.25) is 9.78 Å². The summed E-state index contributed by atoms with van der Waals surface area (Å²) in [6.45, 7) is 0. The molecule has 1 aromatic heterocycles. The van der Waals surface area contributed by atoms with Gasteiger partial charge in [-0.2, -0.15) is 0 Å². The van der Waals surface area contributed by atoms with E-state index in [1.165, 1.54) is 0 Å². The van der Waals surface area contributed by atoms with E-state index < -0.39 is 0 Å². The fourth-order valence-corrected chi connectivity index (χ4v) is 2.61. The Morgan fingerprint density at radius 2 is 1.90 bits per heavy atom. The lowest BCUT2D eigenvalue weighted by atomic mass is 9.99. The van der Waals surface area contributed by atoms with Crippen molar-refractivity contribution in [2.45, 2.75) is 6.42 Å². The molecular weight excluding hydrogens is 305 g/mol. The highest BCUT2D eigenvalue weighted by Gasteiger charge is 2.11. The van der Waals surface area contributed by atoms with Crippen LogP contribution in [0.25, 0.3) is 10.8 Å². The number of pyridine rings is 1. The third-order valence-corrected chi connectivity index (χ3v) is 4.07. The van der Waals surface area contributed by atoms with E-state index >= 15 is 0 Å². The second kappa shape index (κ2) is 5.84. The lowest BCUT2D eigenvalue weighted by molar-refractivity contribution is 0.0994. The number of hydrogen-bond acceptors (Lipinski definition) is 2. The van der Waals surface area contributed by atoms with Gasteiger partial charge < -0.3 is 0 Å². The summed E-state index contributed by atoms with van der Waals surface area (Å²) >= 11 is 11.9. The molecule has 0 atom stereocenters. The van der Waals surface area contributed by atoms with E-state index in [1.54, 1.807) is 24.5 Å². The van der Waals surface area contributed by atoms with E-state index in [9.17, 15) is 4.79 Å². The molecule has 21 heavy (non-hydrogen) atoms. The smallest absolute Gasteiger partial charge is 0.167 e. The van der Waals surface area contributed by atoms with Crippen LogP contribution in [0.15, 0.2) is 54.9 Å². The SMILES string of the molecule is O=C(Cc1ccc(Cl)c(Cl)c1)c1cccc2ccncc12. The van der Waals surface area contributed by atoms with Crippen molar-refractivity contribution < 1.29 is 4.79 Å². The van der Waals surface area contributed by atoms with Crippen molar-refractivity contribution in [3.05, 3.63) is 76.0 Å². The molecule has 1 heterocycles. The van der Waals surface area contributed by atoms with Gasteiger partial charge in [0.15, 0.2) is 5.78 Å². The molecule has 0 saturated carbocycles. The molecule has 0 amide bonds. The highest BCUT2D eigenvalue weighted by Crippen LogP contribution is 2.24. The zero-order chi connectivity index (χ0) is 14.8. The lowest BCUT2D eigenvalue weighted by Gasteiger charge is -2.06. The average molecular weight is 316 g/mol. The molecule has 0 spiro atoms. The van der Waals surface area contributed by atoms with Crippen molar-refractivity contribution in [1.29, 1.82) is 0 Å². The summed E-state index contributed by atoms with van der Waals surface area (Å²) in [5.41, 5.74) is 1.52. The fourth-order valence-electron chi connectivity index (χ4n) is 2.29. The number of carbonyl (C=O) groups excluding carboxylic acids is 1. The molecule has 2 aromatic carbocycles. The quantitative estimate of drug-likeness (QED) is 0.639. The van der Waals surface area contributed by atoms with Gasteiger partial charge in [0.1, 0.15) is 0 Å². The van der Waals surface area contributed by atoms with E-state index in [0.717, 1.165) is 16.3 Å². The highest BCUT2D eigenvalue weighted by atomic mass is 35.5. The molecule has 0 aliphatic heterocycles. The van der Waals surface area contributed by atoms with Crippen LogP contribution >= 0.6 is 23.2 Å². The molecule has 0 aliphatic carbocycles. The maximum Gasteiger partial charge on any atom is 0.167 e. The molecule has 0 radical (unpaired) electrons. The van der Waals surface area contributed by atoms with Crippen LogP contribution < -0.4 is 0 Å². The zero-order valence-electron chi connectivity index (χ0n) is 11.0. The van der Waals surface area contributed by atoms with Crippen LogP contribution in [-0.4, -0.2) is 10.8 Å². The number of benzene rings is 2. The standard InChI is InChI=1S/C17H11Cl2NO/c18-15-5-4-11(8-16(15)19)9-17(21)13-3-1-2-12-6-7-20-10-14(12)13/h1-8,10H,9H2. The predicted molar refractivity (Wildman–Crippen MR) is 86.2 cm³/mol. The molecule has 3 rings (SSSR count). The Kier molecular flexibility index (Phi) is 3.91. The molecule has 2 nitrogen and oxygen atoms in total. The first kappa shape index (κ1) is 14.1. The first-order valence-corrected chi connectivity index (χ1v) is 7.20. The molecular formula is C17H11Cl2NO. The van der Waals surface area contributed by atoms with Crippen molar-refractivity contribution in [3.63, 3.8) is 0 Å². The van der Waals surface area contributed by atoms with E-state index in [4.69, 9.17) is 23.2 Å². The number of nitrogens with zero attached hydrogens (tertiary/aromatic N) is 1. The molecule has 0 saturated heterocycles. The van der Waals surface area contributed by atoms with Gasteiger partial charge in [-0.1, -0.05) is 47.5 Å². The number of halogens is 2. The van der Waals surface area contributed by atoms with Crippen LogP contribution in [-0.2, 0) is 6.42 Å². The van der Waals surface area contributed by atoms with Crippen molar-refractivity contribution >= 4 is 39.8 Å². The van der Waals surface area contributed by atoms with Gasteiger partial charge in [-0.15, -0.1) is 0 Å². The largest absolute Gasteiger partial charge is 0.294 e. The minimum atomic E-state index is 0.0342. The summed E-state index contributed by atoms with van der Waals surface area (Å²) < 4.78 is 0. The van der Waals surface area contributed by atoms with Crippen LogP contribution in [0.4, 0.5) is 0 Å². The average Bonchev–Trinajstić information content (AvgIpc) is 2.50. The van der Waals surface area contributed by atoms with E-state index in [0.29, 0.717) is 15.6 Å². The monoisotopic (exact) mass is 315 g/mol. The summed E-state index contributed by atoms with van der Waals surface area (Å²) in [6, 6.07) is 12.8. The maximum absolute atomic E-state index is 12.5. The fraction of sp³-hybridized carbons (Fsp3) is 0.0588. The van der Waals surface area contributed by atoms with Crippen molar-refractivity contribution in [3.8, 4) is 0 Å². The number of aromatic nitrogens is 1. The molecule has 0 unspecified atom stereocenters. The molecule has 0 fully saturated rings. The molecule has 0 bridgehead atoms. The van der Waals surface area contributed by atoms with Crippen LogP contribution in [0.2, 0.25) is 10.0 Å². The van der Waals surface area contributed by atoms with E-state index in [-0.39, 0.29) is 12.2 Å². The van der Waals surface area contributed by atoms with Crippen molar-refractivity contribution in [2.24, 2.45) is 0 Å². The Balaban J connectivity index is 1.95. The normalized spacial score (nSPS) is 10.8. The Hall–Kier alpha value is -1.90. The zero-order valence-corrected chi connectivity index (χ0v) is 12.5. The first-order chi connectivity index (χ1) is 10.1. The summed E-state index contributed by atoms with van der Waals surface area (Å²) in [6.07, 6.45) is 3.72. The van der Waals surface area contributed by atoms with E-state index in [1.807, 2.05) is 30.3 Å². The van der Waals surface area contributed by atoms with Gasteiger partial charge in [-0.25, -0.2) is 0 Å². The highest BCUT2D eigenvalue weighted by molar-refractivity contribution is 6.42. The van der Waals surface area contributed by atoms with E-state index in [2.05, 4.69) is 4.98 Å². The number of hydrogen-bond donors (Lipinski definition) is 0. The first-order valence-electron chi connectivity index (χ1n) is 6.45. The van der Waals surface area contributed by atoms with Crippen LogP contribution in [0, 0.1) is 0 Å². The van der Waals surface area contributed by atoms with Gasteiger partial charge >= 0.3 is 0 Å². The second-order valence-corrected chi connectivity index (χ2v) is 5.57. The predicted octanol–water partition coefficient (Wildman–Crippen LogP) is 4.97. The minimum absolute atomic E-state index is 0.0342. The molecule has 104 valence electrons. The van der Waals surface area contributed by atoms with Crippen LogP contribution in [0.1, 0.15) is 15.9 Å². The topological polar surface area (TPSA) is 30.0 Å². The summed E-state index contributed by atoms with van der Waals surface area (Å²) in [5, 5.41) is 2.82. The third kappa shape index (κ3) is 2.92. The Morgan fingerprint density at radius 1 is 1.05 bits per heavy atom. The number of rotatable bonds is 3. The van der Waals surface area contributed by atoms with Gasteiger partial charge in [0, 0.05) is 29.8 Å². The summed E-state index contributed by atoms with van der Waals surface area (Å²) in [7, 11) is 0. The Labute approximate surface area is 132 Å². The number of Topliss-reactive ketones (excluding diaryl/α,β-unsaturated/α-hetero) is 1. The Morgan fingerprint density at radius 3 is 2.71 bits per heavy atom. The van der Waals surface area contributed by atoms with Gasteiger partial charge in [-0.05, 0) is 29.1 Å². The molecule has 3 aromatic rings. The third-order valence-electron chi connectivity index (χ3n) is 3.33. The van der Waals surface area contributed by atoms with Crippen molar-refractivity contribution in [2.75, 3.05) is 0 Å². The van der Waals surface area contributed by atoms with Gasteiger partial charge in [0.05, 0.1) is 10.0 Å². The summed E-state index contributed by atoms with van der Waals surface area (Å²) in [4.78, 5) is 16.6. The number of fused-ring (bicyclic) bond motifs is 1. The molecule has 0 aliphatic rings. The number of ketones is 1. The van der Waals surface area contributed by atoms with Gasteiger partial charge in [0.25, 0.3) is 0 Å². The summed E-state index contributed by atoms with van der Waals surface area (Å²) in [5.74, 6) is 0.0342. The lowest BCUT2D eigenvalue weighted by Crippen LogP contribution is -2.04. The second-order valence-electron chi connectivity index (χ2n) is 4.75. The van der Waals surface area contributed by atoms with Crippen molar-refractivity contribution in [1.82, 2.24) is 4.98 Å². The van der Waals surface area contributed by atoms with Crippen LogP contribution in [0.5, 0.6) is 0 Å². The van der Waals surface area contributed by atoms with Gasteiger partial charge in [0.2, 0.25) is 0 Å². The number of carbonyl (C=O) groups is 1. The molecule has 0 N–H and O–H groups in total. The minimum Gasteiger partial charge on any atom is -0.294 e. The maximum atomic E-state index is 12.5. The Bertz CT molecular complexity index is 825. The molecule has 4 heteroatoms.